The molecule has 1 saturated heterocycles. The standard InChI is InChI=1S/C35H41F2N3O7/c1-24(2)30(39-34(44)47-23-27-11-7-4-8-12-27)32(42)38-29(31(41)35(36,37)33(43)40-17-19-45-20-18-40)21-25-13-15-28(16-14-25)46-22-26-9-5-3-6-10-26/h3-16,24,29-31,41H,17-23H2,1-2H3,(H,38,42)(H,39,44)/t29?,30-,31?/m0/s1. The summed E-state index contributed by atoms with van der Waals surface area (Å²) in [4.78, 5) is 39.9. The number of morpholine rings is 1. The van der Waals surface area contributed by atoms with E-state index in [0.717, 1.165) is 16.0 Å². The molecule has 3 atom stereocenters. The SMILES string of the molecule is CC(C)[C@H](NC(=O)OCc1ccccc1)C(=O)NC(Cc1ccc(OCc2ccccc2)cc1)C(O)C(F)(F)C(=O)N1CCOCC1. The summed E-state index contributed by atoms with van der Waals surface area (Å²) >= 11 is 0. The van der Waals surface area contributed by atoms with Crippen molar-refractivity contribution in [1.82, 2.24) is 15.5 Å². The fraction of sp³-hybridized carbons (Fsp3) is 0.400. The van der Waals surface area contributed by atoms with Gasteiger partial charge < -0.3 is 34.9 Å². The van der Waals surface area contributed by atoms with Gasteiger partial charge in [-0.3, -0.25) is 9.59 Å². The number of carbonyl (C=O) groups is 3. The molecule has 0 spiro atoms. The predicted molar refractivity (Wildman–Crippen MR) is 170 cm³/mol. The highest BCUT2D eigenvalue weighted by atomic mass is 19.3. The summed E-state index contributed by atoms with van der Waals surface area (Å²) in [5.74, 6) is -6.56. The van der Waals surface area contributed by atoms with Crippen LogP contribution in [0.2, 0.25) is 0 Å². The van der Waals surface area contributed by atoms with Crippen molar-refractivity contribution in [2.45, 2.75) is 57.6 Å². The molecule has 0 saturated carbocycles. The van der Waals surface area contributed by atoms with E-state index in [1.807, 2.05) is 36.4 Å². The van der Waals surface area contributed by atoms with E-state index >= 15 is 8.78 Å². The zero-order valence-corrected chi connectivity index (χ0v) is 26.4. The van der Waals surface area contributed by atoms with Crippen LogP contribution in [0, 0.1) is 5.92 Å². The van der Waals surface area contributed by atoms with Crippen LogP contribution in [0.1, 0.15) is 30.5 Å². The maximum Gasteiger partial charge on any atom is 0.408 e. The number of amides is 3. The van der Waals surface area contributed by atoms with Gasteiger partial charge in [-0.05, 0) is 41.2 Å². The molecule has 4 rings (SSSR count). The van der Waals surface area contributed by atoms with Gasteiger partial charge in [0.2, 0.25) is 5.91 Å². The van der Waals surface area contributed by atoms with Crippen molar-refractivity contribution in [1.29, 1.82) is 0 Å². The Morgan fingerprint density at radius 2 is 1.43 bits per heavy atom. The Bertz CT molecular complexity index is 1440. The Morgan fingerprint density at radius 1 is 0.851 bits per heavy atom. The number of ether oxygens (including phenoxy) is 3. The monoisotopic (exact) mass is 653 g/mol. The maximum atomic E-state index is 15.6. The van der Waals surface area contributed by atoms with Crippen LogP contribution < -0.4 is 15.4 Å². The highest BCUT2D eigenvalue weighted by Gasteiger charge is 2.52. The first-order valence-corrected chi connectivity index (χ1v) is 15.5. The number of hydrogen-bond acceptors (Lipinski definition) is 7. The van der Waals surface area contributed by atoms with Gasteiger partial charge in [-0.1, -0.05) is 86.6 Å². The number of aliphatic hydroxyl groups is 1. The molecule has 2 unspecified atom stereocenters. The van der Waals surface area contributed by atoms with Crippen LogP contribution in [-0.2, 0) is 38.7 Å². The molecule has 3 aromatic carbocycles. The third kappa shape index (κ3) is 10.2. The van der Waals surface area contributed by atoms with E-state index in [2.05, 4.69) is 10.6 Å². The molecule has 0 radical (unpaired) electrons. The summed E-state index contributed by atoms with van der Waals surface area (Å²) in [6.07, 6.45) is -3.71. The second-order valence-corrected chi connectivity index (χ2v) is 11.6. The minimum absolute atomic E-state index is 0.0403. The molecular weight excluding hydrogens is 612 g/mol. The van der Waals surface area contributed by atoms with Crippen LogP contribution >= 0.6 is 0 Å². The lowest BCUT2D eigenvalue weighted by Crippen LogP contribution is -2.62. The predicted octanol–water partition coefficient (Wildman–Crippen LogP) is 4.10. The summed E-state index contributed by atoms with van der Waals surface area (Å²) in [6.45, 7) is 3.71. The van der Waals surface area contributed by atoms with E-state index in [9.17, 15) is 19.5 Å². The van der Waals surface area contributed by atoms with Crippen molar-refractivity contribution >= 4 is 17.9 Å². The summed E-state index contributed by atoms with van der Waals surface area (Å²) in [7, 11) is 0. The van der Waals surface area contributed by atoms with Crippen molar-refractivity contribution in [2.75, 3.05) is 26.3 Å². The second kappa shape index (κ2) is 16.8. The van der Waals surface area contributed by atoms with Crippen molar-refractivity contribution in [3.05, 3.63) is 102 Å². The summed E-state index contributed by atoms with van der Waals surface area (Å²) < 4.78 is 47.4. The first kappa shape index (κ1) is 35.3. The number of alkyl carbamates (subject to hydrolysis) is 1. The van der Waals surface area contributed by atoms with Crippen LogP contribution in [0.15, 0.2) is 84.9 Å². The average molecular weight is 654 g/mol. The Balaban J connectivity index is 1.48. The Hall–Kier alpha value is -4.55. The summed E-state index contributed by atoms with van der Waals surface area (Å²) in [5, 5.41) is 16.0. The lowest BCUT2D eigenvalue weighted by atomic mass is 9.94. The van der Waals surface area contributed by atoms with E-state index in [0.29, 0.717) is 17.9 Å². The van der Waals surface area contributed by atoms with Gasteiger partial charge in [0.05, 0.1) is 19.3 Å². The highest BCUT2D eigenvalue weighted by molar-refractivity contribution is 5.87. The number of nitrogens with zero attached hydrogens (tertiary/aromatic N) is 1. The lowest BCUT2D eigenvalue weighted by molar-refractivity contribution is -0.182. The molecule has 1 heterocycles. The van der Waals surface area contributed by atoms with E-state index in [-0.39, 0.29) is 39.3 Å². The van der Waals surface area contributed by atoms with Gasteiger partial charge in [0.15, 0.2) is 0 Å². The fourth-order valence-corrected chi connectivity index (χ4v) is 5.01. The smallest absolute Gasteiger partial charge is 0.408 e. The molecule has 1 aliphatic heterocycles. The third-order valence-corrected chi connectivity index (χ3v) is 7.73. The molecule has 3 amide bonds. The number of carbonyl (C=O) groups excluding carboxylic acids is 3. The van der Waals surface area contributed by atoms with Crippen molar-refractivity contribution in [2.24, 2.45) is 5.92 Å². The van der Waals surface area contributed by atoms with Gasteiger partial charge in [-0.2, -0.15) is 8.78 Å². The molecule has 10 nitrogen and oxygen atoms in total. The minimum Gasteiger partial charge on any atom is -0.489 e. The Kier molecular flexibility index (Phi) is 12.7. The summed E-state index contributed by atoms with van der Waals surface area (Å²) in [6, 6.07) is 22.2. The van der Waals surface area contributed by atoms with Crippen LogP contribution in [-0.4, -0.2) is 78.3 Å². The number of benzene rings is 3. The molecule has 0 aromatic heterocycles. The number of alkyl halides is 2. The van der Waals surface area contributed by atoms with E-state index in [1.165, 1.54) is 0 Å². The zero-order chi connectivity index (χ0) is 33.8. The van der Waals surface area contributed by atoms with Gasteiger partial charge in [-0.25, -0.2) is 4.79 Å². The Labute approximate surface area is 273 Å². The number of halogens is 2. The van der Waals surface area contributed by atoms with Crippen LogP contribution in [0.25, 0.3) is 0 Å². The molecule has 252 valence electrons. The number of aliphatic hydroxyl groups excluding tert-OH is 1. The quantitative estimate of drug-likeness (QED) is 0.239. The average Bonchev–Trinajstić information content (AvgIpc) is 3.09. The van der Waals surface area contributed by atoms with Crippen molar-refractivity contribution in [3.8, 4) is 5.75 Å². The lowest BCUT2D eigenvalue weighted by Gasteiger charge is -2.35. The number of rotatable bonds is 14. The molecule has 47 heavy (non-hydrogen) atoms. The van der Waals surface area contributed by atoms with Gasteiger partial charge in [0.1, 0.15) is 31.1 Å². The minimum atomic E-state index is -4.23. The van der Waals surface area contributed by atoms with Crippen molar-refractivity contribution < 1.29 is 42.5 Å². The summed E-state index contributed by atoms with van der Waals surface area (Å²) in [5.41, 5.74) is 2.19. The molecule has 1 fully saturated rings. The van der Waals surface area contributed by atoms with Crippen LogP contribution in [0.4, 0.5) is 13.6 Å². The normalized spacial score (nSPS) is 15.3. The molecule has 0 aliphatic carbocycles. The van der Waals surface area contributed by atoms with Gasteiger partial charge in [-0.15, -0.1) is 0 Å². The first-order chi connectivity index (χ1) is 22.5. The van der Waals surface area contributed by atoms with Gasteiger partial charge in [0.25, 0.3) is 5.91 Å². The Morgan fingerprint density at radius 3 is 2.00 bits per heavy atom. The number of hydrogen-bond donors (Lipinski definition) is 3. The topological polar surface area (TPSA) is 126 Å². The first-order valence-electron chi connectivity index (χ1n) is 15.5. The molecule has 3 aromatic rings. The van der Waals surface area contributed by atoms with Crippen molar-refractivity contribution in [3.63, 3.8) is 0 Å². The van der Waals surface area contributed by atoms with E-state index < -0.39 is 47.9 Å². The molecule has 12 heteroatoms. The molecular formula is C35H41F2N3O7. The van der Waals surface area contributed by atoms with Crippen LogP contribution in [0.3, 0.4) is 0 Å². The number of nitrogens with one attached hydrogen (secondary N) is 2. The van der Waals surface area contributed by atoms with Crippen LogP contribution in [0.5, 0.6) is 5.75 Å². The van der Waals surface area contributed by atoms with Gasteiger partial charge >= 0.3 is 12.0 Å². The van der Waals surface area contributed by atoms with E-state index in [1.54, 1.807) is 62.4 Å². The molecule has 1 aliphatic rings. The second-order valence-electron chi connectivity index (χ2n) is 11.6. The third-order valence-electron chi connectivity index (χ3n) is 7.73. The van der Waals surface area contributed by atoms with E-state index in [4.69, 9.17) is 14.2 Å². The largest absolute Gasteiger partial charge is 0.489 e. The fourth-order valence-electron chi connectivity index (χ4n) is 5.01. The zero-order valence-electron chi connectivity index (χ0n) is 26.4. The molecule has 0 bridgehead atoms. The highest BCUT2D eigenvalue weighted by Crippen LogP contribution is 2.27. The molecule has 3 N–H and O–H groups in total. The maximum absolute atomic E-state index is 15.6. The van der Waals surface area contributed by atoms with Gasteiger partial charge in [0, 0.05) is 13.1 Å².